The van der Waals surface area contributed by atoms with Crippen LogP contribution in [0.2, 0.25) is 0 Å². The van der Waals surface area contributed by atoms with Crippen molar-refractivity contribution in [3.05, 3.63) is 70.1 Å². The van der Waals surface area contributed by atoms with Gasteiger partial charge in [-0.15, -0.1) is 0 Å². The number of amides is 1. The monoisotopic (exact) mass is 460 g/mol. The number of carbonyl (C=O) groups excluding carboxylic acids is 1. The maximum atomic E-state index is 13.4. The van der Waals surface area contributed by atoms with E-state index < -0.39 is 5.63 Å². The molecule has 6 nitrogen and oxygen atoms in total. The van der Waals surface area contributed by atoms with Gasteiger partial charge in [-0.25, -0.2) is 4.79 Å². The number of hydrogen-bond acceptors (Lipinski definition) is 5. The average Bonchev–Trinajstić information content (AvgIpc) is 2.88. The number of hydrogen-bond donors (Lipinski definition) is 0. The lowest BCUT2D eigenvalue weighted by Gasteiger charge is -2.37. The maximum absolute atomic E-state index is 13.4. The second kappa shape index (κ2) is 10.0. The molecule has 178 valence electrons. The molecule has 0 spiro atoms. The first-order chi connectivity index (χ1) is 16.6. The van der Waals surface area contributed by atoms with Gasteiger partial charge in [0, 0.05) is 18.0 Å². The number of rotatable bonds is 6. The summed E-state index contributed by atoms with van der Waals surface area (Å²) in [7, 11) is 0. The van der Waals surface area contributed by atoms with E-state index in [1.54, 1.807) is 11.0 Å². The number of ether oxygens (including phenoxy) is 1. The molecule has 2 aliphatic heterocycles. The highest BCUT2D eigenvalue weighted by molar-refractivity contribution is 5.98. The number of aryl methyl sites for hydroxylation is 1. The molecule has 6 heteroatoms. The molecule has 0 radical (unpaired) electrons. The van der Waals surface area contributed by atoms with Crippen LogP contribution in [-0.2, 0) is 17.8 Å². The Hall–Kier alpha value is -3.12. The molecule has 5 rings (SSSR count). The fourth-order valence-electron chi connectivity index (χ4n) is 5.35. The Morgan fingerprint density at radius 2 is 1.94 bits per heavy atom. The van der Waals surface area contributed by atoms with Crippen LogP contribution in [0.25, 0.3) is 11.0 Å². The predicted octanol–water partition coefficient (Wildman–Crippen LogP) is 4.92. The van der Waals surface area contributed by atoms with Crippen LogP contribution in [0, 0.1) is 0 Å². The summed E-state index contributed by atoms with van der Waals surface area (Å²) in [6, 6.07) is 16.0. The van der Waals surface area contributed by atoms with Gasteiger partial charge in [-0.2, -0.15) is 0 Å². The number of anilines is 1. The molecule has 1 atom stereocenters. The quantitative estimate of drug-likeness (QED) is 0.489. The summed E-state index contributed by atoms with van der Waals surface area (Å²) in [6.45, 7) is 4.50. The molecule has 3 heterocycles. The van der Waals surface area contributed by atoms with Crippen LogP contribution < -0.4 is 15.3 Å². The highest BCUT2D eigenvalue weighted by Gasteiger charge is 2.31. The summed E-state index contributed by atoms with van der Waals surface area (Å²) in [5.41, 5.74) is 2.49. The summed E-state index contributed by atoms with van der Waals surface area (Å²) in [5.74, 6) is 0.708. The molecule has 1 fully saturated rings. The van der Waals surface area contributed by atoms with Gasteiger partial charge < -0.3 is 14.1 Å². The summed E-state index contributed by atoms with van der Waals surface area (Å²) in [5, 5.41) is 0.849. The van der Waals surface area contributed by atoms with E-state index in [0.29, 0.717) is 37.0 Å². The van der Waals surface area contributed by atoms with Crippen molar-refractivity contribution >= 4 is 22.6 Å². The van der Waals surface area contributed by atoms with Crippen LogP contribution in [0.4, 0.5) is 5.69 Å². The lowest BCUT2D eigenvalue weighted by molar-refractivity contribution is -0.120. The van der Waals surface area contributed by atoms with Gasteiger partial charge in [-0.1, -0.05) is 43.7 Å². The number of carbonyl (C=O) groups is 1. The molecule has 1 saturated heterocycles. The van der Waals surface area contributed by atoms with Crippen molar-refractivity contribution in [2.24, 2.45) is 0 Å². The Balaban J connectivity index is 1.42. The van der Waals surface area contributed by atoms with Crippen LogP contribution in [0.5, 0.6) is 5.75 Å². The highest BCUT2D eigenvalue weighted by atomic mass is 16.5. The SMILES string of the molecule is CCC1CCCCN1CC(=O)N1CCCc2c1c(=O)oc1ccc(OCc3ccccc3)cc21. The molecule has 34 heavy (non-hydrogen) atoms. The van der Waals surface area contributed by atoms with E-state index in [0.717, 1.165) is 60.9 Å². The Morgan fingerprint density at radius 3 is 2.76 bits per heavy atom. The number of likely N-dealkylation sites (tertiary alicyclic amines) is 1. The number of benzene rings is 2. The third-order valence-electron chi connectivity index (χ3n) is 7.14. The highest BCUT2D eigenvalue weighted by Crippen LogP contribution is 2.33. The van der Waals surface area contributed by atoms with E-state index in [-0.39, 0.29) is 5.91 Å². The van der Waals surface area contributed by atoms with Gasteiger partial charge in [-0.3, -0.25) is 9.69 Å². The summed E-state index contributed by atoms with van der Waals surface area (Å²) in [6.07, 6.45) is 6.09. The lowest BCUT2D eigenvalue weighted by atomic mass is 9.98. The molecular formula is C28H32N2O4. The smallest absolute Gasteiger partial charge is 0.360 e. The summed E-state index contributed by atoms with van der Waals surface area (Å²) >= 11 is 0. The van der Waals surface area contributed by atoms with Crippen molar-refractivity contribution in [2.45, 2.75) is 58.1 Å². The molecule has 3 aromatic rings. The number of nitrogens with zero attached hydrogens (tertiary/aromatic N) is 2. The molecule has 1 amide bonds. The molecule has 0 saturated carbocycles. The van der Waals surface area contributed by atoms with E-state index in [2.05, 4.69) is 11.8 Å². The first-order valence-electron chi connectivity index (χ1n) is 12.4. The predicted molar refractivity (Wildman–Crippen MR) is 133 cm³/mol. The van der Waals surface area contributed by atoms with Crippen molar-refractivity contribution in [2.75, 3.05) is 24.5 Å². The third-order valence-corrected chi connectivity index (χ3v) is 7.14. The van der Waals surface area contributed by atoms with E-state index in [9.17, 15) is 9.59 Å². The van der Waals surface area contributed by atoms with Crippen molar-refractivity contribution in [1.29, 1.82) is 0 Å². The normalized spacial score (nSPS) is 18.6. The first kappa shape index (κ1) is 22.7. The Labute approximate surface area is 200 Å². The van der Waals surface area contributed by atoms with E-state index in [1.165, 1.54) is 6.42 Å². The minimum Gasteiger partial charge on any atom is -0.489 e. The van der Waals surface area contributed by atoms with Crippen LogP contribution in [0.3, 0.4) is 0 Å². The molecule has 1 aromatic heterocycles. The fourth-order valence-corrected chi connectivity index (χ4v) is 5.35. The van der Waals surface area contributed by atoms with Gasteiger partial charge in [0.2, 0.25) is 5.91 Å². The second-order valence-corrected chi connectivity index (χ2v) is 9.33. The fraction of sp³-hybridized carbons (Fsp3) is 0.429. The van der Waals surface area contributed by atoms with Crippen molar-refractivity contribution in [3.8, 4) is 5.75 Å². The molecule has 1 unspecified atom stereocenters. The van der Waals surface area contributed by atoms with Gasteiger partial charge >= 0.3 is 5.63 Å². The third kappa shape index (κ3) is 4.60. The van der Waals surface area contributed by atoms with Crippen molar-refractivity contribution in [1.82, 2.24) is 4.90 Å². The van der Waals surface area contributed by atoms with E-state index in [1.807, 2.05) is 42.5 Å². The van der Waals surface area contributed by atoms with Gasteiger partial charge in [0.05, 0.1) is 6.54 Å². The summed E-state index contributed by atoms with van der Waals surface area (Å²) in [4.78, 5) is 30.3. The van der Waals surface area contributed by atoms with Gasteiger partial charge in [0.1, 0.15) is 23.6 Å². The standard InChI is InChI=1S/C28H32N2O4/c1-2-21-11-6-7-15-29(21)18-26(31)30-16-8-12-23-24-17-22(33-19-20-9-4-3-5-10-20)13-14-25(24)34-28(32)27(23)30/h3-5,9-10,13-14,17,21H,2,6-8,11-12,15-16,18-19H2,1H3. The van der Waals surface area contributed by atoms with Crippen molar-refractivity contribution < 1.29 is 13.9 Å². The van der Waals surface area contributed by atoms with Gasteiger partial charge in [-0.05, 0) is 68.0 Å². The topological polar surface area (TPSA) is 63.0 Å². The zero-order valence-corrected chi connectivity index (χ0v) is 19.8. The molecule has 0 N–H and O–H groups in total. The van der Waals surface area contributed by atoms with Crippen LogP contribution in [0.1, 0.15) is 50.2 Å². The number of piperidine rings is 1. The molecule has 2 aliphatic rings. The van der Waals surface area contributed by atoms with Gasteiger partial charge in [0.25, 0.3) is 0 Å². The molecule has 2 aromatic carbocycles. The Bertz CT molecular complexity index is 1220. The lowest BCUT2D eigenvalue weighted by Crippen LogP contribution is -2.48. The summed E-state index contributed by atoms with van der Waals surface area (Å²) < 4.78 is 11.7. The van der Waals surface area contributed by atoms with Gasteiger partial charge in [0.15, 0.2) is 0 Å². The van der Waals surface area contributed by atoms with E-state index >= 15 is 0 Å². The van der Waals surface area contributed by atoms with Crippen LogP contribution in [0.15, 0.2) is 57.7 Å². The van der Waals surface area contributed by atoms with Crippen molar-refractivity contribution in [3.63, 3.8) is 0 Å². The molecular weight excluding hydrogens is 428 g/mol. The maximum Gasteiger partial charge on any atom is 0.360 e. The zero-order valence-electron chi connectivity index (χ0n) is 19.8. The van der Waals surface area contributed by atoms with E-state index in [4.69, 9.17) is 9.15 Å². The number of fused-ring (bicyclic) bond motifs is 3. The molecule has 0 aliphatic carbocycles. The second-order valence-electron chi connectivity index (χ2n) is 9.33. The zero-order chi connectivity index (χ0) is 23.5. The van der Waals surface area contributed by atoms with Crippen LogP contribution >= 0.6 is 0 Å². The van der Waals surface area contributed by atoms with Crippen LogP contribution in [-0.4, -0.2) is 36.5 Å². The largest absolute Gasteiger partial charge is 0.489 e. The Kier molecular flexibility index (Phi) is 6.68. The molecule has 0 bridgehead atoms. The minimum atomic E-state index is -0.431. The minimum absolute atomic E-state index is 0.00979. The Morgan fingerprint density at radius 1 is 1.09 bits per heavy atom. The first-order valence-corrected chi connectivity index (χ1v) is 12.4. The average molecular weight is 461 g/mol.